The Hall–Kier alpha value is -2.87. The van der Waals surface area contributed by atoms with Crippen molar-refractivity contribution < 1.29 is 17.6 Å². The molecule has 0 N–H and O–H groups in total. The van der Waals surface area contributed by atoms with E-state index in [9.17, 15) is 17.6 Å². The van der Waals surface area contributed by atoms with Crippen LogP contribution < -0.4 is 0 Å². The Labute approximate surface area is 165 Å². The van der Waals surface area contributed by atoms with Crippen LogP contribution >= 0.6 is 0 Å². The molecule has 0 radical (unpaired) electrons. The van der Waals surface area contributed by atoms with Crippen molar-refractivity contribution in [1.82, 2.24) is 19.9 Å². The summed E-state index contributed by atoms with van der Waals surface area (Å²) in [6.07, 6.45) is -0.554. The van der Waals surface area contributed by atoms with Gasteiger partial charge in [-0.15, -0.1) is 0 Å². The van der Waals surface area contributed by atoms with Crippen LogP contribution in [0.5, 0.6) is 0 Å². The Bertz CT molecular complexity index is 1010. The van der Waals surface area contributed by atoms with Crippen molar-refractivity contribution in [3.05, 3.63) is 76.6 Å². The van der Waals surface area contributed by atoms with E-state index < -0.39 is 17.7 Å². The molecule has 0 fully saturated rings. The van der Waals surface area contributed by atoms with Gasteiger partial charge in [0.05, 0.1) is 11.3 Å². The minimum absolute atomic E-state index is 0.403. The third-order valence-corrected chi connectivity index (χ3v) is 5.10. The predicted molar refractivity (Wildman–Crippen MR) is 99.2 cm³/mol. The second kappa shape index (κ2) is 7.51. The number of aromatic nitrogens is 3. The summed E-state index contributed by atoms with van der Waals surface area (Å²) in [4.78, 5) is 14.7. The highest BCUT2D eigenvalue weighted by atomic mass is 19.4. The SMILES string of the molecule is Cc1ccnc(F)c1CN1CCc2nc(-c3ccc(C(F)(F)F)cc3)ncc2C1. The van der Waals surface area contributed by atoms with Crippen LogP contribution in [0, 0.1) is 12.9 Å². The van der Waals surface area contributed by atoms with E-state index in [0.29, 0.717) is 43.0 Å². The molecular weight excluding hydrogens is 384 g/mol. The van der Waals surface area contributed by atoms with Gasteiger partial charge in [0.25, 0.3) is 0 Å². The molecule has 0 amide bonds. The van der Waals surface area contributed by atoms with Crippen LogP contribution in [0.3, 0.4) is 0 Å². The van der Waals surface area contributed by atoms with Gasteiger partial charge in [0.1, 0.15) is 0 Å². The van der Waals surface area contributed by atoms with E-state index in [-0.39, 0.29) is 0 Å². The number of aryl methyl sites for hydroxylation is 1. The fourth-order valence-corrected chi connectivity index (χ4v) is 3.43. The van der Waals surface area contributed by atoms with E-state index in [1.165, 1.54) is 18.3 Å². The van der Waals surface area contributed by atoms with E-state index in [1.807, 2.05) is 6.92 Å². The van der Waals surface area contributed by atoms with Gasteiger partial charge in [0.2, 0.25) is 5.95 Å². The molecule has 8 heteroatoms. The lowest BCUT2D eigenvalue weighted by molar-refractivity contribution is -0.137. The zero-order chi connectivity index (χ0) is 20.6. The van der Waals surface area contributed by atoms with Crippen molar-refractivity contribution >= 4 is 0 Å². The number of fused-ring (bicyclic) bond motifs is 1. The lowest BCUT2D eigenvalue weighted by Gasteiger charge is -2.28. The number of alkyl halides is 3. The third kappa shape index (κ3) is 4.12. The fourth-order valence-electron chi connectivity index (χ4n) is 3.43. The van der Waals surface area contributed by atoms with Crippen molar-refractivity contribution in [3.63, 3.8) is 0 Å². The average Bonchev–Trinajstić information content (AvgIpc) is 2.70. The van der Waals surface area contributed by atoms with Crippen LogP contribution in [0.4, 0.5) is 17.6 Å². The Morgan fingerprint density at radius 2 is 1.83 bits per heavy atom. The standard InChI is InChI=1S/C21H18F4N4/c1-13-6-8-26-19(22)17(13)12-29-9-7-18-15(11-29)10-27-20(28-18)14-2-4-16(5-3-14)21(23,24)25/h2-6,8,10H,7,9,11-12H2,1H3. The molecule has 29 heavy (non-hydrogen) atoms. The molecule has 1 aliphatic rings. The molecule has 0 atom stereocenters. The van der Waals surface area contributed by atoms with Crippen LogP contribution in [0.25, 0.3) is 11.4 Å². The number of rotatable bonds is 3. The summed E-state index contributed by atoms with van der Waals surface area (Å²) in [6.45, 7) is 3.59. The van der Waals surface area contributed by atoms with E-state index in [4.69, 9.17) is 0 Å². The Morgan fingerprint density at radius 3 is 2.52 bits per heavy atom. The molecule has 3 heterocycles. The molecule has 3 aromatic rings. The summed E-state index contributed by atoms with van der Waals surface area (Å²) in [5.41, 5.74) is 3.09. The van der Waals surface area contributed by atoms with Crippen LogP contribution in [0.1, 0.15) is 27.9 Å². The summed E-state index contributed by atoms with van der Waals surface area (Å²) in [5.74, 6) is -0.0511. The topological polar surface area (TPSA) is 41.9 Å². The van der Waals surface area contributed by atoms with Gasteiger partial charge in [0, 0.05) is 55.1 Å². The zero-order valence-electron chi connectivity index (χ0n) is 15.7. The number of nitrogens with zero attached hydrogens (tertiary/aromatic N) is 4. The highest BCUT2D eigenvalue weighted by Gasteiger charge is 2.30. The number of pyridine rings is 1. The molecule has 1 aromatic carbocycles. The van der Waals surface area contributed by atoms with Crippen LogP contribution in [0.2, 0.25) is 0 Å². The van der Waals surface area contributed by atoms with Gasteiger partial charge in [-0.3, -0.25) is 4.90 Å². The predicted octanol–water partition coefficient (Wildman–Crippen LogP) is 4.56. The molecule has 0 unspecified atom stereocenters. The average molecular weight is 402 g/mol. The Morgan fingerprint density at radius 1 is 1.07 bits per heavy atom. The van der Waals surface area contributed by atoms with Crippen LogP contribution in [0.15, 0.2) is 42.7 Å². The number of hydrogen-bond acceptors (Lipinski definition) is 4. The quantitative estimate of drug-likeness (QED) is 0.476. The highest BCUT2D eigenvalue weighted by molar-refractivity contribution is 5.56. The molecule has 4 nitrogen and oxygen atoms in total. The van der Waals surface area contributed by atoms with Crippen molar-refractivity contribution in [3.8, 4) is 11.4 Å². The first-order chi connectivity index (χ1) is 13.8. The fraction of sp³-hybridized carbons (Fsp3) is 0.286. The molecule has 0 saturated carbocycles. The van der Waals surface area contributed by atoms with E-state index in [2.05, 4.69) is 19.9 Å². The third-order valence-electron chi connectivity index (χ3n) is 5.10. The molecular formula is C21H18F4N4. The van der Waals surface area contributed by atoms with Crippen molar-refractivity contribution in [1.29, 1.82) is 0 Å². The van der Waals surface area contributed by atoms with Crippen LogP contribution in [-0.4, -0.2) is 26.4 Å². The van der Waals surface area contributed by atoms with Gasteiger partial charge >= 0.3 is 6.18 Å². The molecule has 0 aliphatic carbocycles. The maximum absolute atomic E-state index is 14.0. The smallest absolute Gasteiger partial charge is 0.294 e. The molecule has 150 valence electrons. The number of halogens is 4. The van der Waals surface area contributed by atoms with Gasteiger partial charge in [-0.1, -0.05) is 12.1 Å². The van der Waals surface area contributed by atoms with Crippen molar-refractivity contribution in [2.75, 3.05) is 6.54 Å². The first-order valence-electron chi connectivity index (χ1n) is 9.16. The van der Waals surface area contributed by atoms with Gasteiger partial charge in [-0.25, -0.2) is 15.0 Å². The van der Waals surface area contributed by atoms with Crippen molar-refractivity contribution in [2.24, 2.45) is 0 Å². The second-order valence-electron chi connectivity index (χ2n) is 7.10. The summed E-state index contributed by atoms with van der Waals surface area (Å²) < 4.78 is 52.2. The molecule has 0 saturated heterocycles. The minimum Gasteiger partial charge on any atom is -0.294 e. The van der Waals surface area contributed by atoms with Crippen molar-refractivity contribution in [2.45, 2.75) is 32.6 Å². The number of hydrogen-bond donors (Lipinski definition) is 0. The molecule has 0 spiro atoms. The largest absolute Gasteiger partial charge is 0.416 e. The van der Waals surface area contributed by atoms with E-state index >= 15 is 0 Å². The molecule has 1 aliphatic heterocycles. The maximum atomic E-state index is 14.0. The highest BCUT2D eigenvalue weighted by Crippen LogP contribution is 2.30. The second-order valence-corrected chi connectivity index (χ2v) is 7.10. The van der Waals surface area contributed by atoms with Gasteiger partial charge in [0.15, 0.2) is 5.82 Å². The Kier molecular flexibility index (Phi) is 5.04. The van der Waals surface area contributed by atoms with Gasteiger partial charge < -0.3 is 0 Å². The van der Waals surface area contributed by atoms with Gasteiger partial charge in [-0.2, -0.15) is 17.6 Å². The molecule has 2 aromatic heterocycles. The summed E-state index contributed by atoms with van der Waals surface area (Å²) in [6, 6.07) is 6.62. The number of benzene rings is 1. The first kappa shape index (κ1) is 19.4. The molecule has 0 bridgehead atoms. The van der Waals surface area contributed by atoms with E-state index in [0.717, 1.165) is 29.0 Å². The Balaban J connectivity index is 1.51. The molecule has 4 rings (SSSR count). The lowest BCUT2D eigenvalue weighted by Crippen LogP contribution is -2.31. The maximum Gasteiger partial charge on any atom is 0.416 e. The lowest BCUT2D eigenvalue weighted by atomic mass is 10.0. The normalized spacial score (nSPS) is 14.7. The minimum atomic E-state index is -4.37. The zero-order valence-corrected chi connectivity index (χ0v) is 15.7. The van der Waals surface area contributed by atoms with E-state index in [1.54, 1.807) is 12.3 Å². The summed E-state index contributed by atoms with van der Waals surface area (Å²) in [7, 11) is 0. The summed E-state index contributed by atoms with van der Waals surface area (Å²) >= 11 is 0. The summed E-state index contributed by atoms with van der Waals surface area (Å²) in [5, 5.41) is 0. The first-order valence-corrected chi connectivity index (χ1v) is 9.16. The van der Waals surface area contributed by atoms with Crippen LogP contribution in [-0.2, 0) is 25.7 Å². The monoisotopic (exact) mass is 402 g/mol. The van der Waals surface area contributed by atoms with Gasteiger partial charge in [-0.05, 0) is 30.7 Å².